The Hall–Kier alpha value is -1.61. The fraction of sp³-hybridized carbons (Fsp3) is 0.438. The predicted octanol–water partition coefficient (Wildman–Crippen LogP) is 3.26. The van der Waals surface area contributed by atoms with Crippen LogP contribution in [-0.4, -0.2) is 29.6 Å². The maximum Gasteiger partial charge on any atom is 0.328 e. The van der Waals surface area contributed by atoms with Crippen molar-refractivity contribution in [1.82, 2.24) is 4.90 Å². The third-order valence-corrected chi connectivity index (χ3v) is 3.22. The van der Waals surface area contributed by atoms with Gasteiger partial charge in [0, 0.05) is 19.2 Å². The number of hydrogen-bond donors (Lipinski definition) is 1. The Balaban J connectivity index is 2.74. The van der Waals surface area contributed by atoms with Crippen LogP contribution >= 0.6 is 0 Å². The van der Waals surface area contributed by atoms with Crippen molar-refractivity contribution in [2.24, 2.45) is 5.92 Å². The summed E-state index contributed by atoms with van der Waals surface area (Å²) in [6.45, 7) is 6.33. The van der Waals surface area contributed by atoms with Crippen LogP contribution in [0.2, 0.25) is 0 Å². The van der Waals surface area contributed by atoms with Gasteiger partial charge in [-0.05, 0) is 30.2 Å². The molecule has 0 bridgehead atoms. The monoisotopic (exact) mass is 261 g/mol. The highest BCUT2D eigenvalue weighted by atomic mass is 16.4. The van der Waals surface area contributed by atoms with Gasteiger partial charge in [-0.25, -0.2) is 4.79 Å². The van der Waals surface area contributed by atoms with Gasteiger partial charge in [0.1, 0.15) is 0 Å². The van der Waals surface area contributed by atoms with Crippen LogP contribution in [0.25, 0.3) is 6.08 Å². The molecule has 3 heteroatoms. The van der Waals surface area contributed by atoms with Crippen molar-refractivity contribution < 1.29 is 9.90 Å². The van der Waals surface area contributed by atoms with E-state index in [1.807, 2.05) is 18.2 Å². The largest absolute Gasteiger partial charge is 0.478 e. The summed E-state index contributed by atoms with van der Waals surface area (Å²) in [6, 6.07) is 7.92. The van der Waals surface area contributed by atoms with Crippen molar-refractivity contribution in [1.29, 1.82) is 0 Å². The Morgan fingerprint density at radius 2 is 2.11 bits per heavy atom. The van der Waals surface area contributed by atoms with Crippen molar-refractivity contribution in [3.05, 3.63) is 41.5 Å². The minimum atomic E-state index is -0.914. The zero-order valence-corrected chi connectivity index (χ0v) is 12.0. The van der Waals surface area contributed by atoms with Crippen LogP contribution in [-0.2, 0) is 11.3 Å². The molecule has 0 saturated carbocycles. The second kappa shape index (κ2) is 7.74. The van der Waals surface area contributed by atoms with Crippen LogP contribution < -0.4 is 0 Å². The highest BCUT2D eigenvalue weighted by molar-refractivity contribution is 5.85. The van der Waals surface area contributed by atoms with E-state index in [2.05, 4.69) is 31.9 Å². The first-order chi connectivity index (χ1) is 9.02. The van der Waals surface area contributed by atoms with Gasteiger partial charge >= 0.3 is 5.97 Å². The van der Waals surface area contributed by atoms with E-state index < -0.39 is 5.97 Å². The van der Waals surface area contributed by atoms with Gasteiger partial charge in [0.25, 0.3) is 0 Å². The molecular formula is C16H23NO2. The molecule has 0 aliphatic heterocycles. The Bertz CT molecular complexity index is 440. The molecule has 0 spiro atoms. The third-order valence-electron chi connectivity index (χ3n) is 3.22. The highest BCUT2D eigenvalue weighted by Crippen LogP contribution is 2.14. The molecule has 0 heterocycles. The maximum atomic E-state index is 10.6. The van der Waals surface area contributed by atoms with Crippen LogP contribution in [0.4, 0.5) is 0 Å². The van der Waals surface area contributed by atoms with Gasteiger partial charge < -0.3 is 10.0 Å². The molecule has 1 N–H and O–H groups in total. The van der Waals surface area contributed by atoms with Gasteiger partial charge in [0.15, 0.2) is 0 Å². The zero-order chi connectivity index (χ0) is 14.3. The first kappa shape index (κ1) is 15.4. The van der Waals surface area contributed by atoms with E-state index >= 15 is 0 Å². The number of carbonyl (C=O) groups is 1. The van der Waals surface area contributed by atoms with Gasteiger partial charge in [-0.1, -0.05) is 44.5 Å². The summed E-state index contributed by atoms with van der Waals surface area (Å²) in [4.78, 5) is 12.9. The number of rotatable bonds is 7. The van der Waals surface area contributed by atoms with E-state index in [9.17, 15) is 4.79 Å². The van der Waals surface area contributed by atoms with E-state index in [1.165, 1.54) is 12.5 Å². The van der Waals surface area contributed by atoms with Crippen molar-refractivity contribution >= 4 is 12.0 Å². The molecule has 0 aliphatic carbocycles. The van der Waals surface area contributed by atoms with Crippen molar-refractivity contribution in [3.63, 3.8) is 0 Å². The Morgan fingerprint density at radius 1 is 1.42 bits per heavy atom. The number of carboxylic acid groups (broad SMARTS) is 1. The first-order valence-electron chi connectivity index (χ1n) is 6.70. The summed E-state index contributed by atoms with van der Waals surface area (Å²) in [7, 11) is 2.10. The second-order valence-corrected chi connectivity index (χ2v) is 5.08. The summed E-state index contributed by atoms with van der Waals surface area (Å²) in [6.07, 6.45) is 4.02. The Morgan fingerprint density at radius 3 is 2.74 bits per heavy atom. The molecule has 3 nitrogen and oxygen atoms in total. The van der Waals surface area contributed by atoms with E-state index in [0.29, 0.717) is 5.92 Å². The standard InChI is InChI=1S/C16H23NO2/c1-4-13(2)11-17(3)12-15-8-6-5-7-14(15)9-10-16(18)19/h5-10,13H,4,11-12H2,1-3H3,(H,18,19). The van der Waals surface area contributed by atoms with Gasteiger partial charge in [0.05, 0.1) is 0 Å². The molecule has 0 saturated heterocycles. The van der Waals surface area contributed by atoms with Crippen LogP contribution in [0.15, 0.2) is 30.3 Å². The molecule has 0 fully saturated rings. The number of benzene rings is 1. The third kappa shape index (κ3) is 5.71. The van der Waals surface area contributed by atoms with Crippen LogP contribution in [0.1, 0.15) is 31.4 Å². The molecule has 0 amide bonds. The van der Waals surface area contributed by atoms with Crippen LogP contribution in [0, 0.1) is 5.92 Å². The van der Waals surface area contributed by atoms with E-state index in [-0.39, 0.29) is 0 Å². The molecule has 1 aromatic rings. The summed E-state index contributed by atoms with van der Waals surface area (Å²) in [5.41, 5.74) is 2.13. The van der Waals surface area contributed by atoms with Gasteiger partial charge in [-0.3, -0.25) is 0 Å². The second-order valence-electron chi connectivity index (χ2n) is 5.08. The van der Waals surface area contributed by atoms with Gasteiger partial charge in [-0.2, -0.15) is 0 Å². The summed E-state index contributed by atoms with van der Waals surface area (Å²) in [5, 5.41) is 8.70. The highest BCUT2D eigenvalue weighted by Gasteiger charge is 2.07. The molecule has 19 heavy (non-hydrogen) atoms. The minimum absolute atomic E-state index is 0.673. The van der Waals surface area contributed by atoms with Gasteiger partial charge in [-0.15, -0.1) is 0 Å². The van der Waals surface area contributed by atoms with E-state index in [4.69, 9.17) is 5.11 Å². The number of aliphatic carboxylic acids is 1. The molecule has 1 rings (SSSR count). The predicted molar refractivity (Wildman–Crippen MR) is 78.9 cm³/mol. The van der Waals surface area contributed by atoms with Crippen LogP contribution in [0.3, 0.4) is 0 Å². The maximum absolute atomic E-state index is 10.6. The minimum Gasteiger partial charge on any atom is -0.478 e. The fourth-order valence-electron chi connectivity index (χ4n) is 2.02. The Kier molecular flexibility index (Phi) is 6.30. The number of nitrogens with zero attached hydrogens (tertiary/aromatic N) is 1. The lowest BCUT2D eigenvalue weighted by Crippen LogP contribution is -2.24. The summed E-state index contributed by atoms with van der Waals surface area (Å²) >= 11 is 0. The van der Waals surface area contributed by atoms with Crippen molar-refractivity contribution in [2.75, 3.05) is 13.6 Å². The normalized spacial score (nSPS) is 13.1. The lowest BCUT2D eigenvalue weighted by atomic mass is 10.1. The molecule has 0 aliphatic rings. The lowest BCUT2D eigenvalue weighted by Gasteiger charge is -2.21. The Labute approximate surface area is 115 Å². The lowest BCUT2D eigenvalue weighted by molar-refractivity contribution is -0.131. The van der Waals surface area contributed by atoms with Crippen molar-refractivity contribution in [2.45, 2.75) is 26.8 Å². The van der Waals surface area contributed by atoms with E-state index in [0.717, 1.165) is 24.2 Å². The van der Waals surface area contributed by atoms with Crippen LogP contribution in [0.5, 0.6) is 0 Å². The van der Waals surface area contributed by atoms with Gasteiger partial charge in [0.2, 0.25) is 0 Å². The molecule has 1 unspecified atom stereocenters. The molecule has 1 aromatic carbocycles. The van der Waals surface area contributed by atoms with E-state index in [1.54, 1.807) is 6.08 Å². The zero-order valence-electron chi connectivity index (χ0n) is 12.0. The average molecular weight is 261 g/mol. The van der Waals surface area contributed by atoms with Crippen molar-refractivity contribution in [3.8, 4) is 0 Å². The summed E-state index contributed by atoms with van der Waals surface area (Å²) in [5.74, 6) is -0.241. The smallest absolute Gasteiger partial charge is 0.328 e. The summed E-state index contributed by atoms with van der Waals surface area (Å²) < 4.78 is 0. The average Bonchev–Trinajstić information content (AvgIpc) is 2.37. The number of carboxylic acids is 1. The SMILES string of the molecule is CCC(C)CN(C)Cc1ccccc1C=CC(=O)O. The molecule has 1 atom stereocenters. The molecule has 0 aromatic heterocycles. The molecule has 0 radical (unpaired) electrons. The fourth-order valence-corrected chi connectivity index (χ4v) is 2.02. The molecule has 104 valence electrons. The topological polar surface area (TPSA) is 40.5 Å². The quantitative estimate of drug-likeness (QED) is 0.766. The molecular weight excluding hydrogens is 238 g/mol. The first-order valence-corrected chi connectivity index (χ1v) is 6.70. The number of hydrogen-bond acceptors (Lipinski definition) is 2.